The number of nitrogens with one attached hydrogen (secondary N) is 1. The summed E-state index contributed by atoms with van der Waals surface area (Å²) >= 11 is 11.7. The summed E-state index contributed by atoms with van der Waals surface area (Å²) < 4.78 is 4.88. The molecule has 2 aromatic rings. The number of carbonyl (C=O) groups excluding carboxylic acids is 2. The van der Waals surface area contributed by atoms with Gasteiger partial charge in [-0.25, -0.2) is 4.79 Å². The molecule has 0 unspecified atom stereocenters. The van der Waals surface area contributed by atoms with Crippen molar-refractivity contribution in [2.45, 2.75) is 6.92 Å². The van der Waals surface area contributed by atoms with Crippen LogP contribution in [0.3, 0.4) is 0 Å². The van der Waals surface area contributed by atoms with Crippen LogP contribution in [-0.4, -0.2) is 18.5 Å². The van der Waals surface area contributed by atoms with Crippen molar-refractivity contribution in [1.29, 1.82) is 0 Å². The summed E-state index contributed by atoms with van der Waals surface area (Å²) in [6, 6.07) is 12.3. The molecule has 2 aromatic carbocycles. The van der Waals surface area contributed by atoms with E-state index in [1.807, 2.05) is 31.2 Å². The number of anilines is 1. The SMILES string of the molecule is Cc1ccc(C=CC(=O)OCC(=O)Nc2ccc(Cl)cc2Cl)cc1. The smallest absolute Gasteiger partial charge is 0.331 e. The molecule has 1 amide bonds. The molecule has 0 bridgehead atoms. The van der Waals surface area contributed by atoms with Crippen LogP contribution < -0.4 is 5.32 Å². The van der Waals surface area contributed by atoms with Gasteiger partial charge in [-0.05, 0) is 36.8 Å². The van der Waals surface area contributed by atoms with Crippen molar-refractivity contribution >= 4 is 46.8 Å². The van der Waals surface area contributed by atoms with Crippen LogP contribution in [0.4, 0.5) is 5.69 Å². The highest BCUT2D eigenvalue weighted by atomic mass is 35.5. The first-order valence-electron chi connectivity index (χ1n) is 7.10. The average Bonchev–Trinajstić information content (AvgIpc) is 2.55. The van der Waals surface area contributed by atoms with E-state index < -0.39 is 18.5 Å². The number of esters is 1. The molecule has 2 rings (SSSR count). The lowest BCUT2D eigenvalue weighted by atomic mass is 10.1. The van der Waals surface area contributed by atoms with E-state index >= 15 is 0 Å². The van der Waals surface area contributed by atoms with Crippen molar-refractivity contribution < 1.29 is 14.3 Å². The molecule has 0 radical (unpaired) electrons. The third-order valence-electron chi connectivity index (χ3n) is 3.04. The Bertz CT molecular complexity index is 770. The van der Waals surface area contributed by atoms with E-state index in [4.69, 9.17) is 27.9 Å². The minimum atomic E-state index is -0.604. The van der Waals surface area contributed by atoms with Gasteiger partial charge in [0, 0.05) is 11.1 Å². The fourth-order valence-corrected chi connectivity index (χ4v) is 2.26. The van der Waals surface area contributed by atoms with Gasteiger partial charge in [0.15, 0.2) is 6.61 Å². The number of halogens is 2. The van der Waals surface area contributed by atoms with E-state index in [0.717, 1.165) is 11.1 Å². The van der Waals surface area contributed by atoms with Gasteiger partial charge in [-0.15, -0.1) is 0 Å². The summed E-state index contributed by atoms with van der Waals surface area (Å²) in [6.07, 6.45) is 2.89. The highest BCUT2D eigenvalue weighted by Crippen LogP contribution is 2.25. The Morgan fingerprint density at radius 3 is 2.50 bits per heavy atom. The molecular weight excluding hydrogens is 349 g/mol. The van der Waals surface area contributed by atoms with Crippen molar-refractivity contribution in [2.75, 3.05) is 11.9 Å². The highest BCUT2D eigenvalue weighted by molar-refractivity contribution is 6.36. The Morgan fingerprint density at radius 1 is 1.12 bits per heavy atom. The van der Waals surface area contributed by atoms with Crippen molar-refractivity contribution in [3.8, 4) is 0 Å². The zero-order valence-electron chi connectivity index (χ0n) is 12.9. The standard InChI is InChI=1S/C18H15Cl2NO3/c1-12-2-4-13(5-3-12)6-9-18(23)24-11-17(22)21-16-8-7-14(19)10-15(16)20/h2-10H,11H2,1H3,(H,21,22). The van der Waals surface area contributed by atoms with Crippen LogP contribution in [0.5, 0.6) is 0 Å². The predicted molar refractivity (Wildman–Crippen MR) is 96.3 cm³/mol. The summed E-state index contributed by atoms with van der Waals surface area (Å²) in [4.78, 5) is 23.4. The van der Waals surface area contributed by atoms with E-state index in [1.165, 1.54) is 12.1 Å². The largest absolute Gasteiger partial charge is 0.452 e. The minimum absolute atomic E-state index is 0.307. The van der Waals surface area contributed by atoms with Gasteiger partial charge in [-0.3, -0.25) is 4.79 Å². The van der Waals surface area contributed by atoms with Crippen LogP contribution >= 0.6 is 23.2 Å². The van der Waals surface area contributed by atoms with Gasteiger partial charge >= 0.3 is 5.97 Å². The molecule has 0 aromatic heterocycles. The molecule has 0 aliphatic carbocycles. The lowest BCUT2D eigenvalue weighted by molar-refractivity contribution is -0.142. The van der Waals surface area contributed by atoms with Crippen molar-refractivity contribution in [3.05, 3.63) is 69.7 Å². The lowest BCUT2D eigenvalue weighted by Crippen LogP contribution is -2.20. The van der Waals surface area contributed by atoms with Gasteiger partial charge in [-0.2, -0.15) is 0 Å². The summed E-state index contributed by atoms with van der Waals surface area (Å²) in [5.41, 5.74) is 2.40. The summed E-state index contributed by atoms with van der Waals surface area (Å²) in [5.74, 6) is -1.09. The second-order valence-electron chi connectivity index (χ2n) is 5.02. The van der Waals surface area contributed by atoms with E-state index in [0.29, 0.717) is 15.7 Å². The third kappa shape index (κ3) is 5.72. The second kappa shape index (κ2) is 8.52. The van der Waals surface area contributed by atoms with Crippen LogP contribution in [0.25, 0.3) is 6.08 Å². The first-order chi connectivity index (χ1) is 11.4. The number of hydrogen-bond donors (Lipinski definition) is 1. The first-order valence-corrected chi connectivity index (χ1v) is 7.86. The number of aryl methyl sites for hydroxylation is 1. The van der Waals surface area contributed by atoms with Gasteiger partial charge < -0.3 is 10.1 Å². The van der Waals surface area contributed by atoms with Gasteiger partial charge in [0.1, 0.15) is 0 Å². The first kappa shape index (κ1) is 18.0. The Hall–Kier alpha value is -2.30. The fourth-order valence-electron chi connectivity index (χ4n) is 1.80. The number of hydrogen-bond acceptors (Lipinski definition) is 3. The molecule has 0 fully saturated rings. The Morgan fingerprint density at radius 2 is 1.83 bits per heavy atom. The molecule has 124 valence electrons. The molecule has 0 spiro atoms. The maximum atomic E-state index is 11.8. The molecule has 6 heteroatoms. The molecule has 24 heavy (non-hydrogen) atoms. The molecule has 0 aliphatic rings. The normalized spacial score (nSPS) is 10.6. The minimum Gasteiger partial charge on any atom is -0.452 e. The maximum absolute atomic E-state index is 11.8. The summed E-state index contributed by atoms with van der Waals surface area (Å²) in [5, 5.41) is 3.31. The van der Waals surface area contributed by atoms with Gasteiger partial charge in [0.05, 0.1) is 10.7 Å². The Labute approximate surface area is 150 Å². The van der Waals surface area contributed by atoms with E-state index in [-0.39, 0.29) is 0 Å². The third-order valence-corrected chi connectivity index (χ3v) is 3.59. The van der Waals surface area contributed by atoms with Crippen LogP contribution in [0.1, 0.15) is 11.1 Å². The molecule has 0 saturated heterocycles. The van der Waals surface area contributed by atoms with Crippen LogP contribution in [0, 0.1) is 6.92 Å². The monoisotopic (exact) mass is 363 g/mol. The maximum Gasteiger partial charge on any atom is 0.331 e. The van der Waals surface area contributed by atoms with Crippen molar-refractivity contribution in [1.82, 2.24) is 0 Å². The zero-order valence-corrected chi connectivity index (χ0v) is 14.4. The predicted octanol–water partition coefficient (Wildman–Crippen LogP) is 4.50. The number of carbonyl (C=O) groups is 2. The van der Waals surface area contributed by atoms with Crippen LogP contribution in [0.15, 0.2) is 48.5 Å². The average molecular weight is 364 g/mol. The van der Waals surface area contributed by atoms with Crippen molar-refractivity contribution in [3.63, 3.8) is 0 Å². The van der Waals surface area contributed by atoms with Gasteiger partial charge in [-0.1, -0.05) is 53.0 Å². The summed E-state index contributed by atoms with van der Waals surface area (Å²) in [7, 11) is 0. The molecule has 1 N–H and O–H groups in total. The van der Waals surface area contributed by atoms with Crippen LogP contribution in [0.2, 0.25) is 10.0 Å². The molecule has 0 aliphatic heterocycles. The van der Waals surface area contributed by atoms with E-state index in [1.54, 1.807) is 18.2 Å². The van der Waals surface area contributed by atoms with Crippen molar-refractivity contribution in [2.24, 2.45) is 0 Å². The van der Waals surface area contributed by atoms with E-state index in [9.17, 15) is 9.59 Å². The quantitative estimate of drug-likeness (QED) is 0.628. The number of benzene rings is 2. The fraction of sp³-hybridized carbons (Fsp3) is 0.111. The Kier molecular flexibility index (Phi) is 6.41. The van der Waals surface area contributed by atoms with Gasteiger partial charge in [0.25, 0.3) is 5.91 Å². The summed E-state index contributed by atoms with van der Waals surface area (Å²) in [6.45, 7) is 1.57. The number of ether oxygens (including phenoxy) is 1. The molecule has 4 nitrogen and oxygen atoms in total. The molecule has 0 heterocycles. The second-order valence-corrected chi connectivity index (χ2v) is 5.87. The molecule has 0 saturated carbocycles. The van der Waals surface area contributed by atoms with Crippen LogP contribution in [-0.2, 0) is 14.3 Å². The highest BCUT2D eigenvalue weighted by Gasteiger charge is 2.08. The van der Waals surface area contributed by atoms with E-state index in [2.05, 4.69) is 5.32 Å². The Balaban J connectivity index is 1.82. The molecular formula is C18H15Cl2NO3. The lowest BCUT2D eigenvalue weighted by Gasteiger charge is -2.07. The number of rotatable bonds is 5. The zero-order chi connectivity index (χ0) is 17.5. The topological polar surface area (TPSA) is 55.4 Å². The number of amides is 1. The molecule has 0 atom stereocenters. The van der Waals surface area contributed by atoms with Gasteiger partial charge in [0.2, 0.25) is 0 Å².